The highest BCUT2D eigenvalue weighted by Gasteiger charge is 2.17. The number of aryl methyl sites for hydroxylation is 1. The van der Waals surface area contributed by atoms with Gasteiger partial charge in [-0.3, -0.25) is 4.68 Å². The minimum absolute atomic E-state index is 0.571. The first-order chi connectivity index (χ1) is 10.2. The van der Waals surface area contributed by atoms with Crippen molar-refractivity contribution in [3.63, 3.8) is 0 Å². The SMILES string of the molecule is CNc1nc(NCc2ccn(C)n2)nc(N2CCCC2)n1. The molecule has 3 heterocycles. The molecule has 1 aliphatic heterocycles. The van der Waals surface area contributed by atoms with Gasteiger partial charge in [0.15, 0.2) is 0 Å². The molecule has 2 aromatic heterocycles. The van der Waals surface area contributed by atoms with Gasteiger partial charge in [-0.1, -0.05) is 0 Å². The molecule has 21 heavy (non-hydrogen) atoms. The number of rotatable bonds is 5. The Morgan fingerprint density at radius 2 is 1.90 bits per heavy atom. The van der Waals surface area contributed by atoms with Crippen molar-refractivity contribution >= 4 is 17.8 Å². The summed E-state index contributed by atoms with van der Waals surface area (Å²) in [6.45, 7) is 2.60. The van der Waals surface area contributed by atoms with E-state index in [-0.39, 0.29) is 0 Å². The van der Waals surface area contributed by atoms with Crippen LogP contribution in [0.4, 0.5) is 17.8 Å². The minimum Gasteiger partial charge on any atom is -0.357 e. The molecule has 2 aromatic rings. The minimum atomic E-state index is 0.571. The van der Waals surface area contributed by atoms with Crippen LogP contribution < -0.4 is 15.5 Å². The van der Waals surface area contributed by atoms with Crippen molar-refractivity contribution < 1.29 is 0 Å². The van der Waals surface area contributed by atoms with Gasteiger partial charge in [0.25, 0.3) is 0 Å². The smallest absolute Gasteiger partial charge is 0.231 e. The Balaban J connectivity index is 1.75. The van der Waals surface area contributed by atoms with Crippen LogP contribution >= 0.6 is 0 Å². The molecular formula is C13H20N8. The van der Waals surface area contributed by atoms with Crippen molar-refractivity contribution in [2.75, 3.05) is 35.7 Å². The van der Waals surface area contributed by atoms with E-state index in [1.54, 1.807) is 4.68 Å². The zero-order valence-corrected chi connectivity index (χ0v) is 12.4. The van der Waals surface area contributed by atoms with Gasteiger partial charge in [-0.2, -0.15) is 20.1 Å². The van der Waals surface area contributed by atoms with Gasteiger partial charge in [-0.15, -0.1) is 0 Å². The zero-order chi connectivity index (χ0) is 14.7. The fraction of sp³-hybridized carbons (Fsp3) is 0.538. The van der Waals surface area contributed by atoms with Gasteiger partial charge in [-0.05, 0) is 18.9 Å². The lowest BCUT2D eigenvalue weighted by Gasteiger charge is -2.16. The molecule has 0 unspecified atom stereocenters. The van der Waals surface area contributed by atoms with E-state index in [0.717, 1.165) is 24.7 Å². The van der Waals surface area contributed by atoms with Crippen molar-refractivity contribution in [2.45, 2.75) is 19.4 Å². The number of nitrogens with zero attached hydrogens (tertiary/aromatic N) is 6. The molecule has 1 aliphatic rings. The largest absolute Gasteiger partial charge is 0.357 e. The predicted octanol–water partition coefficient (Wildman–Crippen LogP) is 0.859. The Bertz CT molecular complexity index is 602. The van der Waals surface area contributed by atoms with Crippen LogP contribution in [-0.4, -0.2) is 44.9 Å². The summed E-state index contributed by atoms with van der Waals surface area (Å²) in [7, 11) is 3.71. The maximum atomic E-state index is 4.50. The van der Waals surface area contributed by atoms with Crippen LogP contribution in [-0.2, 0) is 13.6 Å². The monoisotopic (exact) mass is 288 g/mol. The van der Waals surface area contributed by atoms with Crippen LogP contribution in [0.2, 0.25) is 0 Å². The molecule has 8 heteroatoms. The van der Waals surface area contributed by atoms with Crippen molar-refractivity contribution in [1.29, 1.82) is 0 Å². The zero-order valence-electron chi connectivity index (χ0n) is 12.4. The van der Waals surface area contributed by atoms with Gasteiger partial charge in [0.05, 0.1) is 12.2 Å². The van der Waals surface area contributed by atoms with Crippen LogP contribution in [0.5, 0.6) is 0 Å². The number of hydrogen-bond donors (Lipinski definition) is 2. The van der Waals surface area contributed by atoms with E-state index in [1.807, 2.05) is 26.4 Å². The second-order valence-corrected chi connectivity index (χ2v) is 5.06. The summed E-state index contributed by atoms with van der Waals surface area (Å²) >= 11 is 0. The first-order valence-electron chi connectivity index (χ1n) is 7.16. The Kier molecular flexibility index (Phi) is 3.85. The average molecular weight is 288 g/mol. The number of hydrogen-bond acceptors (Lipinski definition) is 7. The molecule has 0 radical (unpaired) electrons. The van der Waals surface area contributed by atoms with Gasteiger partial charge in [0.2, 0.25) is 17.8 Å². The maximum absolute atomic E-state index is 4.50. The third-order valence-electron chi connectivity index (χ3n) is 3.43. The van der Waals surface area contributed by atoms with Crippen LogP contribution in [0, 0.1) is 0 Å². The summed E-state index contributed by atoms with van der Waals surface area (Å²) in [6.07, 6.45) is 4.30. The molecule has 0 spiro atoms. The fourth-order valence-electron chi connectivity index (χ4n) is 2.34. The van der Waals surface area contributed by atoms with Gasteiger partial charge in [-0.25, -0.2) is 0 Å². The lowest BCUT2D eigenvalue weighted by Crippen LogP contribution is -2.22. The lowest BCUT2D eigenvalue weighted by atomic mass is 10.4. The molecule has 0 saturated carbocycles. The summed E-state index contributed by atoms with van der Waals surface area (Å²) in [6, 6.07) is 1.97. The number of aromatic nitrogens is 5. The fourth-order valence-corrected chi connectivity index (χ4v) is 2.34. The van der Waals surface area contributed by atoms with Crippen LogP contribution in [0.1, 0.15) is 18.5 Å². The normalized spacial score (nSPS) is 14.5. The Morgan fingerprint density at radius 3 is 2.57 bits per heavy atom. The Morgan fingerprint density at radius 1 is 1.14 bits per heavy atom. The predicted molar refractivity (Wildman–Crippen MR) is 81.4 cm³/mol. The van der Waals surface area contributed by atoms with Crippen molar-refractivity contribution in [2.24, 2.45) is 7.05 Å². The molecule has 0 aromatic carbocycles. The quantitative estimate of drug-likeness (QED) is 0.844. The Hall–Kier alpha value is -2.38. The summed E-state index contributed by atoms with van der Waals surface area (Å²) in [5.74, 6) is 1.88. The third-order valence-corrected chi connectivity index (χ3v) is 3.43. The molecular weight excluding hydrogens is 268 g/mol. The summed E-state index contributed by atoms with van der Waals surface area (Å²) < 4.78 is 1.78. The lowest BCUT2D eigenvalue weighted by molar-refractivity contribution is 0.746. The first-order valence-corrected chi connectivity index (χ1v) is 7.16. The molecule has 0 atom stereocenters. The third kappa shape index (κ3) is 3.21. The molecule has 0 amide bonds. The number of nitrogens with one attached hydrogen (secondary N) is 2. The van der Waals surface area contributed by atoms with Gasteiger partial charge >= 0.3 is 0 Å². The van der Waals surface area contributed by atoms with E-state index in [9.17, 15) is 0 Å². The van der Waals surface area contributed by atoms with Crippen LogP contribution in [0.15, 0.2) is 12.3 Å². The van der Waals surface area contributed by atoms with E-state index in [0.29, 0.717) is 18.4 Å². The van der Waals surface area contributed by atoms with Crippen LogP contribution in [0.25, 0.3) is 0 Å². The molecule has 1 saturated heterocycles. The highest BCUT2D eigenvalue weighted by molar-refractivity contribution is 5.44. The maximum Gasteiger partial charge on any atom is 0.231 e. The van der Waals surface area contributed by atoms with E-state index < -0.39 is 0 Å². The van der Waals surface area contributed by atoms with Gasteiger partial charge in [0.1, 0.15) is 0 Å². The summed E-state index contributed by atoms with van der Waals surface area (Å²) in [5.41, 5.74) is 0.951. The van der Waals surface area contributed by atoms with E-state index >= 15 is 0 Å². The first kappa shape index (κ1) is 13.6. The highest BCUT2D eigenvalue weighted by Crippen LogP contribution is 2.18. The van der Waals surface area contributed by atoms with Crippen molar-refractivity contribution in [1.82, 2.24) is 24.7 Å². The second-order valence-electron chi connectivity index (χ2n) is 5.06. The van der Waals surface area contributed by atoms with E-state index in [2.05, 4.69) is 35.6 Å². The van der Waals surface area contributed by atoms with Gasteiger partial charge in [0, 0.05) is 33.4 Å². The molecule has 2 N–H and O–H groups in total. The average Bonchev–Trinajstić information content (AvgIpc) is 3.16. The standard InChI is InChI=1S/C13H20N8/c1-14-11-16-12(15-9-10-5-8-20(2)19-10)18-13(17-11)21-6-3-4-7-21/h5,8H,3-4,6-7,9H2,1-2H3,(H2,14,15,16,17,18). The summed E-state index contributed by atoms with van der Waals surface area (Å²) in [4.78, 5) is 15.5. The number of anilines is 3. The summed E-state index contributed by atoms with van der Waals surface area (Å²) in [5, 5.41) is 10.5. The van der Waals surface area contributed by atoms with Crippen LogP contribution in [0.3, 0.4) is 0 Å². The molecule has 112 valence electrons. The molecule has 8 nitrogen and oxygen atoms in total. The van der Waals surface area contributed by atoms with E-state index in [1.165, 1.54) is 12.8 Å². The topological polar surface area (TPSA) is 83.8 Å². The molecule has 1 fully saturated rings. The molecule has 0 aliphatic carbocycles. The molecule has 0 bridgehead atoms. The van der Waals surface area contributed by atoms with Crippen molar-refractivity contribution in [3.05, 3.63) is 18.0 Å². The van der Waals surface area contributed by atoms with Gasteiger partial charge < -0.3 is 15.5 Å². The second kappa shape index (κ2) is 5.94. The Labute approximate surface area is 123 Å². The highest BCUT2D eigenvalue weighted by atomic mass is 15.3. The molecule has 3 rings (SSSR count). The van der Waals surface area contributed by atoms with E-state index in [4.69, 9.17) is 0 Å². The van der Waals surface area contributed by atoms with Crippen molar-refractivity contribution in [3.8, 4) is 0 Å².